The lowest BCUT2D eigenvalue weighted by atomic mass is 9.79. The summed E-state index contributed by atoms with van der Waals surface area (Å²) in [6.45, 7) is 9.19. The van der Waals surface area contributed by atoms with Crippen molar-refractivity contribution in [1.29, 1.82) is 0 Å². The van der Waals surface area contributed by atoms with Crippen LogP contribution in [0.2, 0.25) is 0 Å². The summed E-state index contributed by atoms with van der Waals surface area (Å²) in [5, 5.41) is 15.6. The van der Waals surface area contributed by atoms with E-state index in [1.54, 1.807) is 24.8 Å². The number of anilines is 1. The minimum atomic E-state index is -2.02. The minimum absolute atomic E-state index is 0.00668. The highest BCUT2D eigenvalue weighted by Crippen LogP contribution is 2.37. The van der Waals surface area contributed by atoms with E-state index in [0.717, 1.165) is 12.8 Å². The van der Waals surface area contributed by atoms with Crippen molar-refractivity contribution < 1.29 is 32.6 Å². The molecule has 5 rings (SSSR count). The summed E-state index contributed by atoms with van der Waals surface area (Å²) in [5.74, 6) is -3.47. The number of hydrogen-bond acceptors (Lipinski definition) is 8. The molecule has 1 saturated heterocycles. The Balaban J connectivity index is 1.34. The molecular weight excluding hydrogens is 636 g/mol. The topological polar surface area (TPSA) is 150 Å². The number of amides is 4. The molecule has 12 nitrogen and oxygen atoms in total. The van der Waals surface area contributed by atoms with Crippen LogP contribution in [0.3, 0.4) is 0 Å². The van der Waals surface area contributed by atoms with Crippen LogP contribution in [-0.4, -0.2) is 94.2 Å². The van der Waals surface area contributed by atoms with Gasteiger partial charge in [-0.2, -0.15) is 0 Å². The molecule has 2 aliphatic carbocycles. The third kappa shape index (κ3) is 8.11. The van der Waals surface area contributed by atoms with Gasteiger partial charge in [-0.3, -0.25) is 19.2 Å². The Hall–Kier alpha value is -3.94. The van der Waals surface area contributed by atoms with Gasteiger partial charge in [0.1, 0.15) is 23.6 Å². The Morgan fingerprint density at radius 2 is 1.78 bits per heavy atom. The number of carbonyl (C=O) groups is 4. The predicted octanol–water partition coefficient (Wildman–Crippen LogP) is 3.98. The third-order valence-corrected chi connectivity index (χ3v) is 10.9. The summed E-state index contributed by atoms with van der Waals surface area (Å²) >= 11 is 0. The van der Waals surface area contributed by atoms with E-state index in [1.807, 2.05) is 14.0 Å². The van der Waals surface area contributed by atoms with Crippen LogP contribution >= 0.6 is 0 Å². The number of likely N-dealkylation sites (N-methyl/N-ethyl adjacent to an activating group) is 1. The van der Waals surface area contributed by atoms with Crippen LogP contribution in [0.15, 0.2) is 22.8 Å². The number of benzene rings is 1. The largest absolute Gasteiger partial charge is 0.341 e. The molecule has 0 bridgehead atoms. The zero-order valence-corrected chi connectivity index (χ0v) is 29.1. The number of aromatic nitrogens is 2. The Morgan fingerprint density at radius 1 is 1.06 bits per heavy atom. The fraction of sp³-hybridized carbons (Fsp3) is 0.657. The Morgan fingerprint density at radius 3 is 2.39 bits per heavy atom. The van der Waals surface area contributed by atoms with Crippen molar-refractivity contribution in [3.63, 3.8) is 0 Å². The summed E-state index contributed by atoms with van der Waals surface area (Å²) in [6, 6.07) is 2.22. The predicted molar refractivity (Wildman–Crippen MR) is 178 cm³/mol. The molecule has 3 fully saturated rings. The monoisotopic (exact) mass is 685 g/mol. The SMILES string of the molecule is CCc1nonc1C(=O)N[C@H](C(=O)Nc1ccc([C@H](C)[C@@H](NC(=O)C2(F)CCC2)C(=O)N2CCN(C)[C@H](C)C2)cc1F)[C@H]1CC[C@H](C)CC1. The zero-order valence-electron chi connectivity index (χ0n) is 29.1. The standard InChI is InChI=1S/C35H49F2N7O5/c1-6-26-30(42-49-41-26)32(46)39-29(23-10-8-20(2)9-11-23)31(45)38-27-13-12-24(18-25(27)36)22(4)28(40-34(48)35(37)14-7-15-35)33(47)44-17-16-43(5)21(3)19-44/h12-13,18,20-23,28-29H,6-11,14-17,19H2,1-5H3,(H,38,45)(H,39,46)(H,40,48)/t20-,21-,22+,23-,28-,29+/m1/s1. The number of carbonyl (C=O) groups excluding carboxylic acids is 4. The average Bonchev–Trinajstić information content (AvgIpc) is 3.56. The van der Waals surface area contributed by atoms with Crippen molar-refractivity contribution in [3.8, 4) is 0 Å². The Kier molecular flexibility index (Phi) is 11.4. The average molecular weight is 686 g/mol. The molecule has 2 saturated carbocycles. The normalized spacial score (nSPS) is 24.2. The van der Waals surface area contributed by atoms with Gasteiger partial charge in [0.2, 0.25) is 11.8 Å². The first-order valence-electron chi connectivity index (χ1n) is 17.5. The van der Waals surface area contributed by atoms with Crippen LogP contribution in [0.1, 0.15) is 100 Å². The molecule has 3 aliphatic rings. The molecule has 0 radical (unpaired) electrons. The molecule has 0 unspecified atom stereocenters. The molecule has 4 atom stereocenters. The number of nitrogens with one attached hydrogen (secondary N) is 3. The lowest BCUT2D eigenvalue weighted by Gasteiger charge is -2.41. The number of alkyl halides is 1. The maximum Gasteiger partial charge on any atom is 0.276 e. The first-order valence-corrected chi connectivity index (χ1v) is 17.5. The van der Waals surface area contributed by atoms with Gasteiger partial charge in [0.15, 0.2) is 11.4 Å². The molecule has 2 aromatic rings. The molecule has 1 aliphatic heterocycles. The van der Waals surface area contributed by atoms with Gasteiger partial charge in [-0.15, -0.1) is 0 Å². The van der Waals surface area contributed by atoms with E-state index in [4.69, 9.17) is 4.63 Å². The van der Waals surface area contributed by atoms with E-state index in [2.05, 4.69) is 38.1 Å². The molecule has 14 heteroatoms. The van der Waals surface area contributed by atoms with Gasteiger partial charge < -0.3 is 25.8 Å². The van der Waals surface area contributed by atoms with Crippen molar-refractivity contribution >= 4 is 29.3 Å². The first-order chi connectivity index (χ1) is 23.3. The number of hydrogen-bond donors (Lipinski definition) is 3. The Labute approximate surface area is 286 Å². The van der Waals surface area contributed by atoms with Gasteiger partial charge in [0.25, 0.3) is 11.8 Å². The van der Waals surface area contributed by atoms with Crippen LogP contribution in [0, 0.1) is 17.7 Å². The van der Waals surface area contributed by atoms with Crippen LogP contribution in [0.5, 0.6) is 0 Å². The lowest BCUT2D eigenvalue weighted by Crippen LogP contribution is -2.60. The highest BCUT2D eigenvalue weighted by molar-refractivity contribution is 6.01. The van der Waals surface area contributed by atoms with E-state index < -0.39 is 47.2 Å². The second-order valence-electron chi connectivity index (χ2n) is 14.3. The number of piperazine rings is 1. The van der Waals surface area contributed by atoms with Gasteiger partial charge in [-0.25, -0.2) is 13.4 Å². The molecule has 3 N–H and O–H groups in total. The molecule has 0 spiro atoms. The summed E-state index contributed by atoms with van der Waals surface area (Å²) in [7, 11) is 1.98. The van der Waals surface area contributed by atoms with Crippen LogP contribution in [0.25, 0.3) is 0 Å². The van der Waals surface area contributed by atoms with Crippen LogP contribution in [0.4, 0.5) is 14.5 Å². The molecular formula is C35H49F2N7O5. The summed E-state index contributed by atoms with van der Waals surface area (Å²) in [6.07, 6.45) is 4.41. The molecule has 1 aromatic heterocycles. The third-order valence-electron chi connectivity index (χ3n) is 10.9. The fourth-order valence-electron chi connectivity index (χ4n) is 6.99. The van der Waals surface area contributed by atoms with Crippen molar-refractivity contribution in [3.05, 3.63) is 41.0 Å². The molecule has 2 heterocycles. The van der Waals surface area contributed by atoms with E-state index in [0.29, 0.717) is 62.5 Å². The fourth-order valence-corrected chi connectivity index (χ4v) is 6.99. The summed E-state index contributed by atoms with van der Waals surface area (Å²) in [5.41, 5.74) is -1.34. The number of rotatable bonds is 11. The summed E-state index contributed by atoms with van der Waals surface area (Å²) in [4.78, 5) is 57.5. The molecule has 4 amide bonds. The van der Waals surface area contributed by atoms with E-state index >= 15 is 8.78 Å². The smallest absolute Gasteiger partial charge is 0.276 e. The van der Waals surface area contributed by atoms with Gasteiger partial charge in [0.05, 0.1) is 5.69 Å². The van der Waals surface area contributed by atoms with Gasteiger partial charge in [-0.05, 0) is 87.2 Å². The second kappa shape index (κ2) is 15.3. The number of halogens is 2. The zero-order chi connectivity index (χ0) is 35.5. The van der Waals surface area contributed by atoms with Crippen molar-refractivity contribution in [1.82, 2.24) is 30.7 Å². The van der Waals surface area contributed by atoms with Crippen LogP contribution < -0.4 is 16.0 Å². The molecule has 268 valence electrons. The Bertz CT molecular complexity index is 1520. The number of nitrogens with zero attached hydrogens (tertiary/aromatic N) is 4. The molecule has 49 heavy (non-hydrogen) atoms. The molecule has 1 aromatic carbocycles. The van der Waals surface area contributed by atoms with E-state index in [-0.39, 0.29) is 42.1 Å². The number of aryl methyl sites for hydroxylation is 1. The van der Waals surface area contributed by atoms with Gasteiger partial charge >= 0.3 is 0 Å². The van der Waals surface area contributed by atoms with Gasteiger partial charge in [0, 0.05) is 31.6 Å². The van der Waals surface area contributed by atoms with Crippen LogP contribution in [-0.2, 0) is 20.8 Å². The first kappa shape index (κ1) is 36.3. The maximum atomic E-state index is 15.8. The van der Waals surface area contributed by atoms with Crippen molar-refractivity contribution in [2.45, 2.75) is 109 Å². The lowest BCUT2D eigenvalue weighted by molar-refractivity contribution is -0.145. The van der Waals surface area contributed by atoms with E-state index in [9.17, 15) is 19.2 Å². The van der Waals surface area contributed by atoms with Crippen molar-refractivity contribution in [2.24, 2.45) is 11.8 Å². The maximum absolute atomic E-state index is 15.8. The van der Waals surface area contributed by atoms with Gasteiger partial charge in [-0.1, -0.05) is 44.8 Å². The van der Waals surface area contributed by atoms with Crippen molar-refractivity contribution in [2.75, 3.05) is 32.0 Å². The highest BCUT2D eigenvalue weighted by Gasteiger charge is 2.47. The highest BCUT2D eigenvalue weighted by atomic mass is 19.1. The quantitative estimate of drug-likeness (QED) is 0.322. The summed E-state index contributed by atoms with van der Waals surface area (Å²) < 4.78 is 35.6. The second-order valence-corrected chi connectivity index (χ2v) is 14.3. The van der Waals surface area contributed by atoms with E-state index in [1.165, 1.54) is 12.1 Å². The minimum Gasteiger partial charge on any atom is -0.341 e.